The van der Waals surface area contributed by atoms with Crippen molar-refractivity contribution in [2.75, 3.05) is 0 Å². The molecule has 0 saturated heterocycles. The second-order valence-corrected chi connectivity index (χ2v) is 11.9. The van der Waals surface area contributed by atoms with Crippen LogP contribution in [0.4, 0.5) is 0 Å². The fourth-order valence-electron chi connectivity index (χ4n) is 5.50. The predicted octanol–water partition coefficient (Wildman–Crippen LogP) is 8.97. The van der Waals surface area contributed by atoms with Crippen LogP contribution in [-0.4, -0.2) is 0 Å². The summed E-state index contributed by atoms with van der Waals surface area (Å²) in [7, 11) is 1.93. The molecule has 0 radical (unpaired) electrons. The molecule has 6 rings (SSSR count). The normalized spacial score (nSPS) is 20.5. The molecule has 0 aromatic heterocycles. The van der Waals surface area contributed by atoms with E-state index in [-0.39, 0.29) is 0 Å². The fraction of sp³-hybridized carbons (Fsp3) is 0.200. The molecule has 2 heteroatoms. The van der Waals surface area contributed by atoms with Gasteiger partial charge in [-0.05, 0) is 69.7 Å². The van der Waals surface area contributed by atoms with Crippen molar-refractivity contribution in [3.05, 3.63) is 119 Å². The van der Waals surface area contributed by atoms with Gasteiger partial charge in [0.2, 0.25) is 0 Å². The number of hydrogen-bond donors (Lipinski definition) is 0. The van der Waals surface area contributed by atoms with Crippen molar-refractivity contribution in [3.8, 4) is 22.3 Å². The molecule has 4 aromatic carbocycles. The van der Waals surface area contributed by atoms with Crippen LogP contribution < -0.4 is 0 Å². The zero-order valence-electron chi connectivity index (χ0n) is 18.2. The predicted molar refractivity (Wildman–Crippen MR) is 143 cm³/mol. The van der Waals surface area contributed by atoms with Gasteiger partial charge in [0.1, 0.15) is 0 Å². The van der Waals surface area contributed by atoms with Gasteiger partial charge in [-0.15, -0.1) is 17.2 Å². The molecule has 0 spiro atoms. The van der Waals surface area contributed by atoms with E-state index in [1.807, 2.05) is 0 Å². The molecule has 2 aliphatic heterocycles. The first-order valence-electron chi connectivity index (χ1n) is 11.7. The van der Waals surface area contributed by atoms with Crippen molar-refractivity contribution >= 4 is 17.2 Å². The largest absolute Gasteiger partial charge is 0.110 e. The van der Waals surface area contributed by atoms with E-state index in [1.54, 1.807) is 11.1 Å². The van der Waals surface area contributed by atoms with Crippen LogP contribution in [0.5, 0.6) is 0 Å². The minimum absolute atomic E-state index is 0.668. The molecule has 0 N–H and O–H groups in total. The molecular formula is C30H28P2. The highest BCUT2D eigenvalue weighted by Gasteiger charge is 2.26. The minimum atomic E-state index is 0.668. The Morgan fingerprint density at radius 3 is 1.31 bits per heavy atom. The minimum Gasteiger partial charge on any atom is -0.110 e. The highest BCUT2D eigenvalue weighted by atomic mass is 31.1. The van der Waals surface area contributed by atoms with Crippen molar-refractivity contribution in [2.45, 2.75) is 36.5 Å². The van der Waals surface area contributed by atoms with Gasteiger partial charge in [-0.25, -0.2) is 0 Å². The fourth-order valence-corrected chi connectivity index (χ4v) is 8.74. The van der Waals surface area contributed by atoms with Gasteiger partial charge in [0.15, 0.2) is 0 Å². The van der Waals surface area contributed by atoms with Crippen molar-refractivity contribution in [2.24, 2.45) is 0 Å². The van der Waals surface area contributed by atoms with Crippen LogP contribution in [0.15, 0.2) is 97.1 Å². The van der Waals surface area contributed by atoms with Gasteiger partial charge in [0, 0.05) is 11.3 Å². The molecule has 2 aliphatic rings. The molecule has 0 aliphatic carbocycles. The standard InChI is InChI=1S/C30H28P2/c1-3-11-23-21(9-1)19-31-29(27-15-7-5-13-25(23)27)17-18-30-28-16-8-6-14-26(28)24-12-4-2-10-22(24)20-32-30/h1-16,29-32H,17-20H2. The van der Waals surface area contributed by atoms with Gasteiger partial charge in [0.25, 0.3) is 0 Å². The summed E-state index contributed by atoms with van der Waals surface area (Å²) in [6.07, 6.45) is 4.99. The number of rotatable bonds is 3. The molecule has 0 bridgehead atoms. The molecule has 0 fully saturated rings. The quantitative estimate of drug-likeness (QED) is 0.273. The molecule has 0 saturated carbocycles. The summed E-state index contributed by atoms with van der Waals surface area (Å²) in [5.74, 6) is 0. The maximum atomic E-state index is 2.40. The van der Waals surface area contributed by atoms with Gasteiger partial charge in [-0.3, -0.25) is 0 Å². The second kappa shape index (κ2) is 8.94. The van der Waals surface area contributed by atoms with E-state index in [1.165, 1.54) is 58.5 Å². The Morgan fingerprint density at radius 1 is 0.469 bits per heavy atom. The summed E-state index contributed by atoms with van der Waals surface area (Å²) >= 11 is 0. The van der Waals surface area contributed by atoms with Crippen LogP contribution in [-0.2, 0) is 12.3 Å². The molecule has 2 heterocycles. The summed E-state index contributed by atoms with van der Waals surface area (Å²) in [6.45, 7) is 0. The smallest absolute Gasteiger partial charge is 0.00236 e. The first-order chi connectivity index (χ1) is 15.9. The molecule has 0 nitrogen and oxygen atoms in total. The molecule has 0 amide bonds. The SMILES string of the molecule is c1ccc2c(c1)CPC(CCC1PCc3ccccc3-c3ccccc31)c1ccccc1-2. The molecular weight excluding hydrogens is 422 g/mol. The molecule has 4 atom stereocenters. The van der Waals surface area contributed by atoms with Gasteiger partial charge >= 0.3 is 0 Å². The Balaban J connectivity index is 1.30. The zero-order valence-corrected chi connectivity index (χ0v) is 20.2. The van der Waals surface area contributed by atoms with Crippen LogP contribution in [0.1, 0.15) is 46.4 Å². The maximum absolute atomic E-state index is 2.40. The Kier molecular flexibility index (Phi) is 5.69. The van der Waals surface area contributed by atoms with E-state index < -0.39 is 0 Å². The van der Waals surface area contributed by atoms with Crippen molar-refractivity contribution in [1.82, 2.24) is 0 Å². The zero-order chi connectivity index (χ0) is 21.3. The van der Waals surface area contributed by atoms with Crippen LogP contribution in [0.3, 0.4) is 0 Å². The second-order valence-electron chi connectivity index (χ2n) is 8.93. The van der Waals surface area contributed by atoms with Gasteiger partial charge in [-0.1, -0.05) is 97.1 Å². The molecule has 4 aromatic rings. The third kappa shape index (κ3) is 3.75. The van der Waals surface area contributed by atoms with E-state index in [4.69, 9.17) is 0 Å². The molecule has 158 valence electrons. The molecule has 32 heavy (non-hydrogen) atoms. The lowest BCUT2D eigenvalue weighted by molar-refractivity contribution is 0.707. The summed E-state index contributed by atoms with van der Waals surface area (Å²) in [6, 6.07) is 36.5. The van der Waals surface area contributed by atoms with Crippen LogP contribution in [0.25, 0.3) is 22.3 Å². The monoisotopic (exact) mass is 450 g/mol. The summed E-state index contributed by atoms with van der Waals surface area (Å²) in [5, 5.41) is 0. The third-order valence-corrected chi connectivity index (χ3v) is 10.5. The Hall–Kier alpha value is -2.26. The third-order valence-electron chi connectivity index (χ3n) is 7.11. The van der Waals surface area contributed by atoms with Crippen LogP contribution in [0, 0.1) is 0 Å². The van der Waals surface area contributed by atoms with E-state index in [9.17, 15) is 0 Å². The average Bonchev–Trinajstić information content (AvgIpc) is 3.12. The van der Waals surface area contributed by atoms with Crippen LogP contribution in [0.2, 0.25) is 0 Å². The highest BCUT2D eigenvalue weighted by Crippen LogP contribution is 2.53. The maximum Gasteiger partial charge on any atom is 0.00236 e. The highest BCUT2D eigenvalue weighted by molar-refractivity contribution is 7.38. The van der Waals surface area contributed by atoms with E-state index in [0.29, 0.717) is 11.3 Å². The van der Waals surface area contributed by atoms with E-state index in [2.05, 4.69) is 97.1 Å². The van der Waals surface area contributed by atoms with Gasteiger partial charge < -0.3 is 0 Å². The van der Waals surface area contributed by atoms with E-state index in [0.717, 1.165) is 17.2 Å². The average molecular weight is 451 g/mol. The number of fused-ring (bicyclic) bond motifs is 6. The lowest BCUT2D eigenvalue weighted by Crippen LogP contribution is -1.99. The van der Waals surface area contributed by atoms with Crippen molar-refractivity contribution in [3.63, 3.8) is 0 Å². The van der Waals surface area contributed by atoms with E-state index >= 15 is 0 Å². The Morgan fingerprint density at radius 2 is 0.844 bits per heavy atom. The first kappa shape index (κ1) is 20.4. The van der Waals surface area contributed by atoms with Gasteiger partial charge in [0.05, 0.1) is 0 Å². The first-order valence-corrected chi connectivity index (χ1v) is 14.3. The number of benzene rings is 4. The Labute approximate surface area is 195 Å². The van der Waals surface area contributed by atoms with Crippen molar-refractivity contribution in [1.29, 1.82) is 0 Å². The lowest BCUT2D eigenvalue weighted by Gasteiger charge is -2.23. The van der Waals surface area contributed by atoms with Crippen molar-refractivity contribution < 1.29 is 0 Å². The topological polar surface area (TPSA) is 0 Å². The number of hydrogen-bond acceptors (Lipinski definition) is 0. The lowest BCUT2D eigenvalue weighted by atomic mass is 9.91. The summed E-state index contributed by atoms with van der Waals surface area (Å²) in [5.41, 5.74) is 13.4. The summed E-state index contributed by atoms with van der Waals surface area (Å²) in [4.78, 5) is 0. The summed E-state index contributed by atoms with van der Waals surface area (Å²) < 4.78 is 0. The van der Waals surface area contributed by atoms with Gasteiger partial charge in [-0.2, -0.15) is 0 Å². The van der Waals surface area contributed by atoms with Crippen LogP contribution >= 0.6 is 17.2 Å². The molecule has 4 unspecified atom stereocenters. The Bertz CT molecular complexity index is 1160.